The first-order valence-electron chi connectivity index (χ1n) is 5.50. The summed E-state index contributed by atoms with van der Waals surface area (Å²) < 4.78 is 2.09. The van der Waals surface area contributed by atoms with Gasteiger partial charge < -0.3 is 0 Å². The molecule has 1 aromatic rings. The molecule has 0 aliphatic rings. The zero-order valence-electron chi connectivity index (χ0n) is 10.4. The van der Waals surface area contributed by atoms with Crippen molar-refractivity contribution >= 4 is 15.9 Å². The molecular weight excluding hydrogens is 252 g/mol. The van der Waals surface area contributed by atoms with Crippen LogP contribution < -0.4 is 0 Å². The number of halogens is 1. The zero-order chi connectivity index (χ0) is 11.6. The minimum atomic E-state index is 0.303. The number of hydrogen-bond acceptors (Lipinski definition) is 1. The summed E-state index contributed by atoms with van der Waals surface area (Å²) in [6, 6.07) is 0. The van der Waals surface area contributed by atoms with E-state index in [0.29, 0.717) is 5.41 Å². The van der Waals surface area contributed by atoms with Gasteiger partial charge in [-0.3, -0.25) is 4.68 Å². The van der Waals surface area contributed by atoms with Gasteiger partial charge in [-0.1, -0.05) is 29.8 Å². The third kappa shape index (κ3) is 2.83. The van der Waals surface area contributed by atoms with Gasteiger partial charge in [-0.25, -0.2) is 0 Å². The van der Waals surface area contributed by atoms with Gasteiger partial charge in [0.2, 0.25) is 0 Å². The lowest BCUT2D eigenvalue weighted by Gasteiger charge is -2.21. The van der Waals surface area contributed by atoms with E-state index in [2.05, 4.69) is 60.3 Å². The van der Waals surface area contributed by atoms with Crippen molar-refractivity contribution in [2.75, 3.05) is 5.33 Å². The first kappa shape index (κ1) is 12.8. The van der Waals surface area contributed by atoms with Crippen LogP contribution in [0.3, 0.4) is 0 Å². The molecule has 0 aliphatic heterocycles. The molecule has 1 aromatic heterocycles. The van der Waals surface area contributed by atoms with Crippen LogP contribution in [0.1, 0.15) is 37.7 Å². The van der Waals surface area contributed by atoms with E-state index in [1.165, 1.54) is 17.0 Å². The Morgan fingerprint density at radius 2 is 1.93 bits per heavy atom. The molecule has 0 spiro atoms. The van der Waals surface area contributed by atoms with Gasteiger partial charge in [0.1, 0.15) is 0 Å². The number of rotatable bonds is 4. The molecule has 2 nitrogen and oxygen atoms in total. The SMILES string of the molecule is CCn1nc(C)c(CC(C)(C)CBr)c1C. The van der Waals surface area contributed by atoms with Gasteiger partial charge in [-0.05, 0) is 38.2 Å². The summed E-state index contributed by atoms with van der Waals surface area (Å²) in [4.78, 5) is 0. The van der Waals surface area contributed by atoms with Crippen molar-refractivity contribution < 1.29 is 0 Å². The molecule has 0 radical (unpaired) electrons. The van der Waals surface area contributed by atoms with Crippen LogP contribution in [0.2, 0.25) is 0 Å². The lowest BCUT2D eigenvalue weighted by molar-refractivity contribution is 0.422. The third-order valence-corrected chi connectivity index (χ3v) is 4.37. The molecule has 0 fully saturated rings. The van der Waals surface area contributed by atoms with Crippen LogP contribution >= 0.6 is 15.9 Å². The predicted octanol–water partition coefficient (Wildman–Crippen LogP) is 3.48. The molecule has 0 N–H and O–H groups in total. The Morgan fingerprint density at radius 1 is 1.33 bits per heavy atom. The van der Waals surface area contributed by atoms with Crippen LogP contribution in [0.25, 0.3) is 0 Å². The Balaban J connectivity index is 2.99. The molecule has 1 heterocycles. The molecule has 0 unspecified atom stereocenters. The van der Waals surface area contributed by atoms with Crippen molar-refractivity contribution in [2.24, 2.45) is 5.41 Å². The fourth-order valence-corrected chi connectivity index (χ4v) is 2.02. The fourth-order valence-electron chi connectivity index (χ4n) is 1.82. The predicted molar refractivity (Wildman–Crippen MR) is 68.7 cm³/mol. The van der Waals surface area contributed by atoms with E-state index in [4.69, 9.17) is 0 Å². The van der Waals surface area contributed by atoms with Gasteiger partial charge in [0, 0.05) is 17.6 Å². The normalized spacial score (nSPS) is 12.1. The molecule has 1 rings (SSSR count). The Hall–Kier alpha value is -0.310. The molecule has 15 heavy (non-hydrogen) atoms. The molecule has 0 atom stereocenters. The topological polar surface area (TPSA) is 17.8 Å². The van der Waals surface area contributed by atoms with E-state index < -0.39 is 0 Å². The number of aryl methyl sites for hydroxylation is 2. The summed E-state index contributed by atoms with van der Waals surface area (Å²) in [6.45, 7) is 11.9. The van der Waals surface area contributed by atoms with Crippen LogP contribution in [0.5, 0.6) is 0 Å². The largest absolute Gasteiger partial charge is 0.270 e. The first-order chi connectivity index (χ1) is 6.91. The zero-order valence-corrected chi connectivity index (χ0v) is 12.0. The Kier molecular flexibility index (Phi) is 3.99. The summed E-state index contributed by atoms with van der Waals surface area (Å²) in [7, 11) is 0. The van der Waals surface area contributed by atoms with Gasteiger partial charge in [0.05, 0.1) is 5.69 Å². The molecule has 0 saturated heterocycles. The number of nitrogens with zero attached hydrogens (tertiary/aromatic N) is 2. The summed E-state index contributed by atoms with van der Waals surface area (Å²) in [5, 5.41) is 5.57. The van der Waals surface area contributed by atoms with E-state index in [0.717, 1.165) is 18.3 Å². The molecule has 0 amide bonds. The monoisotopic (exact) mass is 272 g/mol. The number of alkyl halides is 1. The van der Waals surface area contributed by atoms with Gasteiger partial charge >= 0.3 is 0 Å². The number of aromatic nitrogens is 2. The average molecular weight is 273 g/mol. The highest BCUT2D eigenvalue weighted by Crippen LogP contribution is 2.27. The van der Waals surface area contributed by atoms with Gasteiger partial charge in [0.25, 0.3) is 0 Å². The van der Waals surface area contributed by atoms with E-state index in [-0.39, 0.29) is 0 Å². The van der Waals surface area contributed by atoms with Crippen LogP contribution in [0.4, 0.5) is 0 Å². The molecule has 86 valence electrons. The van der Waals surface area contributed by atoms with E-state index in [1.54, 1.807) is 0 Å². The molecule has 0 bridgehead atoms. The van der Waals surface area contributed by atoms with E-state index in [1.807, 2.05) is 0 Å². The Labute approximate surface area is 101 Å². The second-order valence-corrected chi connectivity index (χ2v) is 5.50. The van der Waals surface area contributed by atoms with Gasteiger partial charge in [0.15, 0.2) is 0 Å². The molecular formula is C12H21BrN2. The van der Waals surface area contributed by atoms with Crippen molar-refractivity contribution in [1.82, 2.24) is 9.78 Å². The quantitative estimate of drug-likeness (QED) is 0.768. The van der Waals surface area contributed by atoms with Gasteiger partial charge in [-0.15, -0.1) is 0 Å². The van der Waals surface area contributed by atoms with E-state index >= 15 is 0 Å². The first-order valence-corrected chi connectivity index (χ1v) is 6.62. The minimum Gasteiger partial charge on any atom is -0.270 e. The van der Waals surface area contributed by atoms with Crippen LogP contribution in [0.15, 0.2) is 0 Å². The Morgan fingerprint density at radius 3 is 2.33 bits per heavy atom. The second kappa shape index (κ2) is 4.69. The lowest BCUT2D eigenvalue weighted by atomic mass is 9.87. The van der Waals surface area contributed by atoms with Crippen molar-refractivity contribution in [1.29, 1.82) is 0 Å². The smallest absolute Gasteiger partial charge is 0.0628 e. The van der Waals surface area contributed by atoms with Crippen LogP contribution in [0, 0.1) is 19.3 Å². The van der Waals surface area contributed by atoms with E-state index in [9.17, 15) is 0 Å². The highest BCUT2D eigenvalue weighted by molar-refractivity contribution is 9.09. The maximum absolute atomic E-state index is 4.55. The molecule has 0 aliphatic carbocycles. The molecule has 0 aromatic carbocycles. The standard InChI is InChI=1S/C12H21BrN2/c1-6-15-10(3)11(9(2)14-15)7-12(4,5)8-13/h6-8H2,1-5H3. The fraction of sp³-hybridized carbons (Fsp3) is 0.750. The maximum atomic E-state index is 4.55. The van der Waals surface area contributed by atoms with Crippen LogP contribution in [-0.4, -0.2) is 15.1 Å². The minimum absolute atomic E-state index is 0.303. The van der Waals surface area contributed by atoms with Crippen molar-refractivity contribution in [3.8, 4) is 0 Å². The molecule has 3 heteroatoms. The Bertz CT molecular complexity index is 340. The lowest BCUT2D eigenvalue weighted by Crippen LogP contribution is -2.17. The van der Waals surface area contributed by atoms with Crippen LogP contribution in [-0.2, 0) is 13.0 Å². The average Bonchev–Trinajstić information content (AvgIpc) is 2.45. The third-order valence-electron chi connectivity index (χ3n) is 2.85. The van der Waals surface area contributed by atoms with Gasteiger partial charge in [-0.2, -0.15) is 5.10 Å². The summed E-state index contributed by atoms with van der Waals surface area (Å²) in [6.07, 6.45) is 1.09. The summed E-state index contributed by atoms with van der Waals surface area (Å²) in [5.41, 5.74) is 4.23. The van der Waals surface area contributed by atoms with Crippen molar-refractivity contribution in [3.63, 3.8) is 0 Å². The highest BCUT2D eigenvalue weighted by atomic mass is 79.9. The summed E-state index contributed by atoms with van der Waals surface area (Å²) in [5.74, 6) is 0. The summed E-state index contributed by atoms with van der Waals surface area (Å²) >= 11 is 3.57. The molecule has 0 saturated carbocycles. The van der Waals surface area contributed by atoms with Crippen molar-refractivity contribution in [3.05, 3.63) is 17.0 Å². The van der Waals surface area contributed by atoms with Crippen molar-refractivity contribution in [2.45, 2.75) is 47.6 Å². The number of hydrogen-bond donors (Lipinski definition) is 0. The highest BCUT2D eigenvalue weighted by Gasteiger charge is 2.21. The second-order valence-electron chi connectivity index (χ2n) is 4.94. The maximum Gasteiger partial charge on any atom is 0.0628 e.